The predicted octanol–water partition coefficient (Wildman–Crippen LogP) is 6.46. The van der Waals surface area contributed by atoms with Crippen LogP contribution < -0.4 is 0 Å². The summed E-state index contributed by atoms with van der Waals surface area (Å²) in [6, 6.07) is 13.4. The summed E-state index contributed by atoms with van der Waals surface area (Å²) in [4.78, 5) is 61.1. The van der Waals surface area contributed by atoms with Crippen molar-refractivity contribution in [1.82, 2.24) is 29.7 Å². The monoisotopic (exact) mass is 689 g/mol. The van der Waals surface area contributed by atoms with Crippen molar-refractivity contribution in [2.24, 2.45) is 34.6 Å². The smallest absolute Gasteiger partial charge is 0.248 e. The molecule has 7 rings (SSSR count). The van der Waals surface area contributed by atoms with E-state index in [2.05, 4.69) is 55.4 Å². The van der Waals surface area contributed by atoms with Gasteiger partial charge in [0.2, 0.25) is 18.2 Å². The number of nitrogens with one attached hydrogen (secondary N) is 2. The normalized spacial score (nSPS) is 22.4. The Bertz CT molecular complexity index is 1980. The molecule has 2 aromatic heterocycles. The molecule has 2 aromatic carbocycles. The number of nitrogens with zero attached hydrogens (tertiary/aromatic N) is 5. The predicted molar refractivity (Wildman–Crippen MR) is 195 cm³/mol. The molecular weight excluding hydrogens is 642 g/mol. The molecule has 4 heterocycles. The first-order valence-electron chi connectivity index (χ1n) is 18.1. The molecule has 2 N–H and O–H groups in total. The third kappa shape index (κ3) is 7.02. The second-order valence-corrected chi connectivity index (χ2v) is 14.9. The van der Waals surface area contributed by atoms with Crippen LogP contribution in [0.4, 0.5) is 0 Å². The van der Waals surface area contributed by atoms with Crippen LogP contribution >= 0.6 is 0 Å². The Hall–Kier alpha value is -4.95. The van der Waals surface area contributed by atoms with Crippen LogP contribution in [0.5, 0.6) is 0 Å². The summed E-state index contributed by atoms with van der Waals surface area (Å²) < 4.78 is 0. The van der Waals surface area contributed by atoms with E-state index in [-0.39, 0.29) is 35.7 Å². The van der Waals surface area contributed by atoms with E-state index in [0.717, 1.165) is 64.5 Å². The van der Waals surface area contributed by atoms with E-state index in [1.165, 1.54) is 19.9 Å². The number of benzene rings is 2. The number of hydrogen-bond acceptors (Lipinski definition) is 7. The number of piperidine rings is 1. The summed E-state index contributed by atoms with van der Waals surface area (Å²) in [5.41, 5.74) is 5.49. The highest BCUT2D eigenvalue weighted by Crippen LogP contribution is 2.56. The lowest BCUT2D eigenvalue weighted by molar-refractivity contribution is -0.188. The molecule has 0 radical (unpaired) electrons. The molecule has 11 nitrogen and oxygen atoms in total. The van der Waals surface area contributed by atoms with Crippen molar-refractivity contribution in [2.75, 3.05) is 20.2 Å². The van der Waals surface area contributed by atoms with Gasteiger partial charge in [0.25, 0.3) is 0 Å². The molecule has 266 valence electrons. The number of aliphatic imine (C=N–C) groups is 1. The molecule has 11 heteroatoms. The molecule has 1 saturated carbocycles. The van der Waals surface area contributed by atoms with E-state index in [1.807, 2.05) is 74.3 Å². The zero-order valence-corrected chi connectivity index (χ0v) is 30.2. The van der Waals surface area contributed by atoms with Crippen molar-refractivity contribution < 1.29 is 19.4 Å². The first-order valence-corrected chi connectivity index (χ1v) is 18.1. The summed E-state index contributed by atoms with van der Waals surface area (Å²) in [5.74, 6) is 9.83. The van der Waals surface area contributed by atoms with Gasteiger partial charge in [-0.05, 0) is 78.8 Å². The second-order valence-electron chi connectivity index (χ2n) is 14.9. The number of rotatable bonds is 10. The molecule has 2 saturated heterocycles. The average Bonchev–Trinajstić information content (AvgIpc) is 3.62. The van der Waals surface area contributed by atoms with Gasteiger partial charge in [0, 0.05) is 30.1 Å². The van der Waals surface area contributed by atoms with Gasteiger partial charge in [-0.1, -0.05) is 58.6 Å². The first-order chi connectivity index (χ1) is 24.6. The van der Waals surface area contributed by atoms with Crippen LogP contribution in [0.15, 0.2) is 53.7 Å². The van der Waals surface area contributed by atoms with Crippen molar-refractivity contribution >= 4 is 29.2 Å². The molecule has 0 bridgehead atoms. The zero-order chi connectivity index (χ0) is 35.8. The number of carbonyl (C=O) groups excluding carboxylic acids is 2. The Morgan fingerprint density at radius 1 is 0.961 bits per heavy atom. The molecule has 4 aromatic rings. The van der Waals surface area contributed by atoms with Gasteiger partial charge < -0.3 is 24.7 Å². The average molecular weight is 690 g/mol. The topological polar surface area (TPSA) is 129 Å². The first kappa shape index (κ1) is 34.5. The van der Waals surface area contributed by atoms with E-state index in [4.69, 9.17) is 9.87 Å². The minimum atomic E-state index is -0.564. The molecule has 3 fully saturated rings. The Morgan fingerprint density at radius 2 is 1.73 bits per heavy atom. The molecule has 2 amide bonds. The van der Waals surface area contributed by atoms with Crippen LogP contribution in [0.3, 0.4) is 0 Å². The highest BCUT2D eigenvalue weighted by Gasteiger charge is 2.56. The van der Waals surface area contributed by atoms with Gasteiger partial charge in [-0.3, -0.25) is 9.59 Å². The molecule has 3 aliphatic rings. The molecule has 0 unspecified atom stereocenters. The van der Waals surface area contributed by atoms with Crippen molar-refractivity contribution in [3.63, 3.8) is 0 Å². The molecule has 1 aliphatic carbocycles. The summed E-state index contributed by atoms with van der Waals surface area (Å²) in [7, 11) is 1.40. The lowest BCUT2D eigenvalue weighted by atomic mass is 9.96. The van der Waals surface area contributed by atoms with E-state index >= 15 is 0 Å². The van der Waals surface area contributed by atoms with Crippen molar-refractivity contribution in [3.05, 3.63) is 71.4 Å². The number of hydrogen-bond donors (Lipinski definition) is 2. The fourth-order valence-corrected chi connectivity index (χ4v) is 7.51. The zero-order valence-electron chi connectivity index (χ0n) is 30.2. The van der Waals surface area contributed by atoms with Gasteiger partial charge in [-0.25, -0.2) is 15.0 Å². The number of likely N-dealkylation sites (tertiary alicyclic amines) is 2. The van der Waals surface area contributed by atoms with Crippen LogP contribution in [0, 0.1) is 41.4 Å². The van der Waals surface area contributed by atoms with Crippen molar-refractivity contribution in [2.45, 2.75) is 72.0 Å². The number of aromatic amines is 2. The lowest BCUT2D eigenvalue weighted by Gasteiger charge is -2.30. The number of carbonyl (C=O) groups is 2. The van der Waals surface area contributed by atoms with E-state index in [0.29, 0.717) is 24.3 Å². The summed E-state index contributed by atoms with van der Waals surface area (Å²) in [5, 5.41) is 0. The number of fused-ring (bicyclic) bond motifs is 2. The Kier molecular flexibility index (Phi) is 9.71. The summed E-state index contributed by atoms with van der Waals surface area (Å²) in [6.45, 7) is 11.7. The van der Waals surface area contributed by atoms with Crippen LogP contribution in [-0.4, -0.2) is 74.2 Å². The summed E-state index contributed by atoms with van der Waals surface area (Å²) >= 11 is 0. The fourth-order valence-electron chi connectivity index (χ4n) is 7.51. The van der Waals surface area contributed by atoms with Gasteiger partial charge in [0.05, 0.1) is 42.1 Å². The lowest BCUT2D eigenvalue weighted by Crippen LogP contribution is -2.40. The van der Waals surface area contributed by atoms with Gasteiger partial charge in [0.1, 0.15) is 17.7 Å². The van der Waals surface area contributed by atoms with Gasteiger partial charge >= 0.3 is 0 Å². The molecular formula is C40H47N7O4. The third-order valence-corrected chi connectivity index (χ3v) is 10.8. The quantitative estimate of drug-likeness (QED) is 0.0647. The number of aromatic nitrogens is 4. The Labute approximate surface area is 299 Å². The highest BCUT2D eigenvalue weighted by atomic mass is 17.2. The largest absolute Gasteiger partial charge is 0.340 e. The second kappa shape index (κ2) is 14.3. The van der Waals surface area contributed by atoms with Crippen LogP contribution in [0.1, 0.15) is 88.7 Å². The third-order valence-electron chi connectivity index (χ3n) is 10.8. The molecule has 51 heavy (non-hydrogen) atoms. The SMILES string of the molecule is COOC=N[C@H](C(=O)N1CCC[C@H]1c1ncc(-c2ccc(C#Cc3ccc4nc([C@@H]5[C@H]6C[C@H]6CN5C(=O)[C@@H](C)C(C)C)[nH]c4c3)cc2)[nH]1)C(C)C. The van der Waals surface area contributed by atoms with E-state index in [1.54, 1.807) is 0 Å². The van der Waals surface area contributed by atoms with Crippen molar-refractivity contribution in [3.8, 4) is 23.1 Å². The van der Waals surface area contributed by atoms with Crippen molar-refractivity contribution in [1.29, 1.82) is 0 Å². The summed E-state index contributed by atoms with van der Waals surface area (Å²) in [6.07, 6.45) is 5.91. The van der Waals surface area contributed by atoms with Gasteiger partial charge in [-0.15, -0.1) is 0 Å². The minimum absolute atomic E-state index is 0.000337. The Balaban J connectivity index is 1.02. The number of amides is 2. The molecule has 2 aliphatic heterocycles. The van der Waals surface area contributed by atoms with E-state index < -0.39 is 6.04 Å². The Morgan fingerprint density at radius 3 is 2.47 bits per heavy atom. The van der Waals surface area contributed by atoms with Crippen LogP contribution in [-0.2, 0) is 19.4 Å². The minimum Gasteiger partial charge on any atom is -0.340 e. The maximum atomic E-state index is 13.5. The van der Waals surface area contributed by atoms with E-state index in [9.17, 15) is 9.59 Å². The van der Waals surface area contributed by atoms with Crippen LogP contribution in [0.25, 0.3) is 22.3 Å². The number of imidazole rings is 2. The van der Waals surface area contributed by atoms with Crippen LogP contribution in [0.2, 0.25) is 0 Å². The van der Waals surface area contributed by atoms with Gasteiger partial charge in [-0.2, -0.15) is 4.89 Å². The van der Waals surface area contributed by atoms with Gasteiger partial charge in [0.15, 0.2) is 0 Å². The maximum absolute atomic E-state index is 13.5. The highest BCUT2D eigenvalue weighted by molar-refractivity contribution is 5.84. The maximum Gasteiger partial charge on any atom is 0.248 e. The number of H-pyrrole nitrogens is 2. The fraction of sp³-hybridized carbons (Fsp3) is 0.475. The standard InChI is InChI=1S/C40H47N7O4/c1-23(2)25(5)39(48)47-21-29-19-30(29)36(47)38-43-31-16-13-27(18-32(31)44-38)10-9-26-11-14-28(15-12-26)33-20-41-37(45-33)34-8-7-17-46(34)40(49)35(24(3)4)42-22-51-50-6/h11-16,18,20,22-25,29-30,34-36H,7-8,17,19,21H2,1-6H3,(H,41,45)(H,43,44)/t25-,29-,30-,34-,35-,36-/m0/s1. The molecule has 0 spiro atoms. The molecule has 6 atom stereocenters.